The molecule has 0 bridgehead atoms. The van der Waals surface area contributed by atoms with Crippen LogP contribution in [0.1, 0.15) is 19.3 Å². The zero-order valence-corrected chi connectivity index (χ0v) is 7.37. The van der Waals surface area contributed by atoms with Crippen molar-refractivity contribution in [3.8, 4) is 0 Å². The summed E-state index contributed by atoms with van der Waals surface area (Å²) in [7, 11) is 1.88. The molecule has 0 atom stereocenters. The Morgan fingerprint density at radius 1 is 1.50 bits per heavy atom. The third-order valence-corrected chi connectivity index (χ3v) is 2.28. The van der Waals surface area contributed by atoms with Gasteiger partial charge in [0.15, 0.2) is 0 Å². The van der Waals surface area contributed by atoms with Gasteiger partial charge in [-0.05, 0) is 36.5 Å². The molecule has 1 fully saturated rings. The van der Waals surface area contributed by atoms with Crippen LogP contribution in [0.15, 0.2) is 16.0 Å². The second-order valence-electron chi connectivity index (χ2n) is 2.40. The molecule has 0 radical (unpaired) electrons. The lowest BCUT2D eigenvalue weighted by atomic mass is 10.2. The van der Waals surface area contributed by atoms with E-state index in [2.05, 4.69) is 16.7 Å². The highest BCUT2D eigenvalue weighted by Gasteiger charge is 2.12. The largest absolute Gasteiger partial charge is 0.293 e. The van der Waals surface area contributed by atoms with Crippen LogP contribution in [-0.4, -0.2) is 19.0 Å². The predicted molar refractivity (Wildman–Crippen MR) is 48.8 cm³/mol. The molecule has 0 saturated heterocycles. The molecule has 0 spiro atoms. The molecule has 0 aromatic carbocycles. The van der Waals surface area contributed by atoms with Crippen molar-refractivity contribution in [2.45, 2.75) is 19.3 Å². The van der Waals surface area contributed by atoms with Crippen LogP contribution in [0.2, 0.25) is 0 Å². The van der Waals surface area contributed by atoms with Gasteiger partial charge in [0.2, 0.25) is 0 Å². The lowest BCUT2D eigenvalue weighted by molar-refractivity contribution is 0.947. The Morgan fingerprint density at radius 3 is 2.90 bits per heavy atom. The molecule has 1 saturated carbocycles. The van der Waals surface area contributed by atoms with Gasteiger partial charge in [-0.25, -0.2) is 0 Å². The van der Waals surface area contributed by atoms with E-state index in [1.807, 2.05) is 7.05 Å². The standard InChI is InChI=1S/C8H13NS/c1-9-8-5-3-4-7(8)6-10-2/h6H,3-5H2,1-2H3. The number of aliphatic imine (C=N–C) groups is 1. The number of nitrogens with zero attached hydrogens (tertiary/aromatic N) is 1. The van der Waals surface area contributed by atoms with Crippen molar-refractivity contribution in [3.05, 3.63) is 11.0 Å². The van der Waals surface area contributed by atoms with Crippen molar-refractivity contribution in [2.24, 2.45) is 4.99 Å². The molecule has 0 aliphatic heterocycles. The fraction of sp³-hybridized carbons (Fsp3) is 0.625. The van der Waals surface area contributed by atoms with Gasteiger partial charge in [0.25, 0.3) is 0 Å². The smallest absolute Gasteiger partial charge is 0.0382 e. The number of hydrogen-bond donors (Lipinski definition) is 0. The van der Waals surface area contributed by atoms with Gasteiger partial charge in [0, 0.05) is 12.8 Å². The van der Waals surface area contributed by atoms with Crippen molar-refractivity contribution in [3.63, 3.8) is 0 Å². The maximum absolute atomic E-state index is 4.22. The molecule has 56 valence electrons. The molecule has 1 rings (SSSR count). The van der Waals surface area contributed by atoms with E-state index in [4.69, 9.17) is 0 Å². The second-order valence-corrected chi connectivity index (χ2v) is 3.11. The summed E-state index contributed by atoms with van der Waals surface area (Å²) < 4.78 is 0. The molecule has 1 nitrogen and oxygen atoms in total. The normalized spacial score (nSPS) is 26.6. The first-order chi connectivity index (χ1) is 4.88. The number of allylic oxidation sites excluding steroid dienone is 1. The second kappa shape index (κ2) is 3.81. The average molecular weight is 155 g/mol. The Hall–Kier alpha value is -0.240. The van der Waals surface area contributed by atoms with Crippen molar-refractivity contribution >= 4 is 17.5 Å². The van der Waals surface area contributed by atoms with Gasteiger partial charge >= 0.3 is 0 Å². The van der Waals surface area contributed by atoms with Crippen molar-refractivity contribution in [2.75, 3.05) is 13.3 Å². The van der Waals surface area contributed by atoms with Crippen LogP contribution in [0.4, 0.5) is 0 Å². The molecular weight excluding hydrogens is 142 g/mol. The summed E-state index contributed by atoms with van der Waals surface area (Å²) in [5.74, 6) is 0. The van der Waals surface area contributed by atoms with E-state index >= 15 is 0 Å². The van der Waals surface area contributed by atoms with E-state index < -0.39 is 0 Å². The molecule has 0 aromatic rings. The summed E-state index contributed by atoms with van der Waals surface area (Å²) in [6.45, 7) is 0. The summed E-state index contributed by atoms with van der Waals surface area (Å²) in [6.07, 6.45) is 5.80. The lowest BCUT2D eigenvalue weighted by Crippen LogP contribution is -1.91. The molecular formula is C8H13NS. The highest BCUT2D eigenvalue weighted by atomic mass is 32.2. The molecule has 1 aliphatic rings. The van der Waals surface area contributed by atoms with Gasteiger partial charge in [-0.15, -0.1) is 11.8 Å². The first-order valence-electron chi connectivity index (χ1n) is 3.56. The van der Waals surface area contributed by atoms with Crippen molar-refractivity contribution in [1.29, 1.82) is 0 Å². The van der Waals surface area contributed by atoms with E-state index in [1.54, 1.807) is 11.8 Å². The van der Waals surface area contributed by atoms with E-state index in [9.17, 15) is 0 Å². The van der Waals surface area contributed by atoms with Crippen LogP contribution in [0.5, 0.6) is 0 Å². The summed E-state index contributed by atoms with van der Waals surface area (Å²) in [5, 5.41) is 2.22. The van der Waals surface area contributed by atoms with Crippen LogP contribution in [-0.2, 0) is 0 Å². The number of rotatable bonds is 1. The van der Waals surface area contributed by atoms with Crippen molar-refractivity contribution < 1.29 is 0 Å². The van der Waals surface area contributed by atoms with Crippen LogP contribution < -0.4 is 0 Å². The predicted octanol–water partition coefficient (Wildman–Crippen LogP) is 2.49. The number of thioether (sulfide) groups is 1. The third kappa shape index (κ3) is 1.63. The molecule has 2 heteroatoms. The molecule has 10 heavy (non-hydrogen) atoms. The van der Waals surface area contributed by atoms with Gasteiger partial charge in [0.05, 0.1) is 0 Å². The van der Waals surface area contributed by atoms with Gasteiger partial charge in [0.1, 0.15) is 0 Å². The molecule has 0 N–H and O–H groups in total. The van der Waals surface area contributed by atoms with Crippen LogP contribution in [0, 0.1) is 0 Å². The van der Waals surface area contributed by atoms with Gasteiger partial charge < -0.3 is 0 Å². The minimum absolute atomic E-state index is 1.18. The minimum Gasteiger partial charge on any atom is -0.293 e. The lowest BCUT2D eigenvalue weighted by Gasteiger charge is -1.95. The van der Waals surface area contributed by atoms with Crippen LogP contribution in [0.25, 0.3) is 0 Å². The maximum Gasteiger partial charge on any atom is 0.0382 e. The fourth-order valence-corrected chi connectivity index (χ4v) is 1.81. The Kier molecular flexibility index (Phi) is 3.00. The number of hydrogen-bond acceptors (Lipinski definition) is 2. The summed E-state index contributed by atoms with van der Waals surface area (Å²) in [5.41, 5.74) is 2.77. The zero-order valence-electron chi connectivity index (χ0n) is 6.55. The molecule has 1 aliphatic carbocycles. The summed E-state index contributed by atoms with van der Waals surface area (Å²) in [6, 6.07) is 0. The molecule has 0 heterocycles. The SMILES string of the molecule is CN=C1CCCC1=CSC. The zero-order chi connectivity index (χ0) is 7.40. The summed E-state index contributed by atoms with van der Waals surface area (Å²) in [4.78, 5) is 4.22. The van der Waals surface area contributed by atoms with E-state index in [1.165, 1.54) is 30.5 Å². The van der Waals surface area contributed by atoms with Crippen LogP contribution >= 0.6 is 11.8 Å². The topological polar surface area (TPSA) is 12.4 Å². The summed E-state index contributed by atoms with van der Waals surface area (Å²) >= 11 is 1.78. The molecule has 0 aromatic heterocycles. The van der Waals surface area contributed by atoms with Gasteiger partial charge in [-0.1, -0.05) is 0 Å². The first kappa shape index (κ1) is 7.86. The Morgan fingerprint density at radius 2 is 2.30 bits per heavy atom. The quantitative estimate of drug-likeness (QED) is 0.566. The Balaban J connectivity index is 2.68. The minimum atomic E-state index is 1.18. The van der Waals surface area contributed by atoms with Gasteiger partial charge in [-0.3, -0.25) is 4.99 Å². The maximum atomic E-state index is 4.22. The third-order valence-electron chi connectivity index (χ3n) is 1.76. The Bertz CT molecular complexity index is 170. The van der Waals surface area contributed by atoms with E-state index in [-0.39, 0.29) is 0 Å². The highest BCUT2D eigenvalue weighted by molar-refractivity contribution is 8.01. The van der Waals surface area contributed by atoms with E-state index in [0.717, 1.165) is 0 Å². The van der Waals surface area contributed by atoms with Crippen molar-refractivity contribution in [1.82, 2.24) is 0 Å². The van der Waals surface area contributed by atoms with Gasteiger partial charge in [-0.2, -0.15) is 0 Å². The highest BCUT2D eigenvalue weighted by Crippen LogP contribution is 2.23. The first-order valence-corrected chi connectivity index (χ1v) is 4.85. The Labute approximate surface area is 66.6 Å². The molecule has 0 unspecified atom stereocenters. The van der Waals surface area contributed by atoms with Crippen LogP contribution in [0.3, 0.4) is 0 Å². The molecule has 0 amide bonds. The average Bonchev–Trinajstić information content (AvgIpc) is 2.36. The fourth-order valence-electron chi connectivity index (χ4n) is 1.28. The monoisotopic (exact) mass is 155 g/mol. The van der Waals surface area contributed by atoms with E-state index in [0.29, 0.717) is 0 Å².